The summed E-state index contributed by atoms with van der Waals surface area (Å²) >= 11 is -0.151. The summed E-state index contributed by atoms with van der Waals surface area (Å²) in [6.07, 6.45) is 0. The molecule has 5 aromatic carbocycles. The zero-order chi connectivity index (χ0) is 70.7. The highest BCUT2D eigenvalue weighted by molar-refractivity contribution is 7.73. The fourth-order valence-corrected chi connectivity index (χ4v) is 16.2. The van der Waals surface area contributed by atoms with Crippen LogP contribution < -0.4 is 25.8 Å². The molecule has 2 aromatic heterocycles. The molecule has 90 heavy (non-hydrogen) atoms. The van der Waals surface area contributed by atoms with Gasteiger partial charge < -0.3 is 4.48 Å². The maximum absolute atomic E-state index is 5.52. The predicted octanol–water partition coefficient (Wildman–Crippen LogP) is 19.4. The molecule has 0 saturated carbocycles. The van der Waals surface area contributed by atoms with Gasteiger partial charge in [0.25, 0.3) is 0 Å². The average Bonchev–Trinajstić information content (AvgIpc) is 0.734. The van der Waals surface area contributed by atoms with E-state index in [1.54, 1.807) is 7.14 Å². The van der Waals surface area contributed by atoms with E-state index >= 15 is 0 Å². The normalized spacial score (nSPS) is 11.3. The highest BCUT2D eigenvalue weighted by Gasteiger charge is 2.33. The largest absolute Gasteiger partial charge is 0.359 e. The molecule has 0 aliphatic heterocycles. The van der Waals surface area contributed by atoms with Gasteiger partial charge in [-0.25, -0.2) is 8.98 Å². The van der Waals surface area contributed by atoms with Gasteiger partial charge in [-0.15, -0.1) is 0 Å². The fourth-order valence-electron chi connectivity index (χ4n) is 12.4. The Hall–Kier alpha value is -4.48. The summed E-state index contributed by atoms with van der Waals surface area (Å²) in [4.78, 5) is 0. The summed E-state index contributed by atoms with van der Waals surface area (Å²) in [6, 6.07) is 0. The van der Waals surface area contributed by atoms with Crippen molar-refractivity contribution in [2.45, 2.75) is 248 Å². The van der Waals surface area contributed by atoms with Gasteiger partial charge in [-0.05, 0) is 359 Å². The van der Waals surface area contributed by atoms with Gasteiger partial charge in [0, 0.05) is 87.1 Å². The van der Waals surface area contributed by atoms with E-state index in [0.29, 0.717) is 0 Å². The molecule has 5 heteroatoms. The van der Waals surface area contributed by atoms with Gasteiger partial charge >= 0.3 is 32.7 Å². The van der Waals surface area contributed by atoms with Crippen LogP contribution in [0.4, 0.5) is 0 Å². The number of hydrogen-bond donors (Lipinski definition) is 0. The van der Waals surface area contributed by atoms with Crippen LogP contribution in [0.3, 0.4) is 0 Å². The average molecular weight is 1360 g/mol. The van der Waals surface area contributed by atoms with Crippen molar-refractivity contribution in [1.29, 1.82) is 0 Å². The Labute approximate surface area is 567 Å². The molecule has 3 nitrogen and oxygen atoms in total. The molecule has 0 atom stereocenters. The number of rotatable bonds is 5. The molecule has 496 valence electrons. The van der Waals surface area contributed by atoms with Crippen molar-refractivity contribution in [3.63, 3.8) is 0 Å². The smallest absolute Gasteiger partial charge is 0.333 e. The van der Waals surface area contributed by atoms with Gasteiger partial charge in [-0.1, -0.05) is 0 Å². The lowest BCUT2D eigenvalue weighted by Crippen LogP contribution is -3.62. The number of pyridine rings is 1. The molecular weight excluding hydrogens is 1220 g/mol. The van der Waals surface area contributed by atoms with Gasteiger partial charge in [0.05, 0.1) is 53.2 Å². The SMILES string of the molecule is C[N+](C)(C)C.C[P+](C)(C)C.Cc1[o+]c(C)c(C)c(C)c1C.Cc1c(C)c(C)[n+](C)c(C)c1C.Cc1c(C)c(C)c(C(c2c(C)c(C)c(C)c(C)c2C)c2c(C)c(C)c(C)c(C)c2C)c(C)c1C.Cc1c(C)c(C)c([I+]c2c(C)c(C)c(C)c(C)c2C)c(C)c1C. The Kier molecular flexibility index (Phi) is 29.1. The highest BCUT2D eigenvalue weighted by atomic mass is 127. The van der Waals surface area contributed by atoms with E-state index in [0.717, 1.165) is 16.0 Å². The summed E-state index contributed by atoms with van der Waals surface area (Å²) in [7, 11) is 10.2. The highest BCUT2D eigenvalue weighted by Crippen LogP contribution is 2.47. The summed E-state index contributed by atoms with van der Waals surface area (Å²) in [5.74, 6) is 2.30. The first-order chi connectivity index (χ1) is 40.8. The lowest BCUT2D eigenvalue weighted by atomic mass is 9.70. The van der Waals surface area contributed by atoms with Crippen molar-refractivity contribution >= 4 is 7.26 Å². The van der Waals surface area contributed by atoms with Crippen molar-refractivity contribution in [2.75, 3.05) is 54.8 Å². The first-order valence-electron chi connectivity index (χ1n) is 33.1. The van der Waals surface area contributed by atoms with E-state index in [2.05, 4.69) is 295 Å². The zero-order valence-corrected chi connectivity index (χ0v) is 69.8. The van der Waals surface area contributed by atoms with E-state index in [9.17, 15) is 0 Å². The van der Waals surface area contributed by atoms with E-state index in [1.165, 1.54) is 201 Å². The predicted molar refractivity (Wildman–Crippen MR) is 402 cm³/mol. The molecule has 0 aliphatic carbocycles. The lowest BCUT2D eigenvalue weighted by Gasteiger charge is -2.34. The Balaban J connectivity index is 0.000000421. The van der Waals surface area contributed by atoms with Crippen LogP contribution in [-0.2, 0) is 7.05 Å². The monoisotopic (exact) mass is 1360 g/mol. The number of quaternary nitrogens is 1. The molecular formula is C85H133IN2OP+5. The van der Waals surface area contributed by atoms with Gasteiger partial charge in [0.1, 0.15) is 7.05 Å². The zero-order valence-electron chi connectivity index (χ0n) is 66.7. The summed E-state index contributed by atoms with van der Waals surface area (Å²) in [5, 5.41) is 0. The third-order valence-corrected chi connectivity index (χ3v) is 26.1. The summed E-state index contributed by atoms with van der Waals surface area (Å²) in [5.41, 5.74) is 52.1. The van der Waals surface area contributed by atoms with Crippen LogP contribution in [0.1, 0.15) is 218 Å². The van der Waals surface area contributed by atoms with Crippen molar-refractivity contribution in [1.82, 2.24) is 0 Å². The molecule has 0 bridgehead atoms. The van der Waals surface area contributed by atoms with Crippen LogP contribution in [0.15, 0.2) is 4.42 Å². The second-order valence-electron chi connectivity index (χ2n) is 30.1. The van der Waals surface area contributed by atoms with E-state index < -0.39 is 0 Å². The molecule has 7 rings (SSSR count). The number of benzene rings is 5. The number of halogens is 1. The minimum Gasteiger partial charge on any atom is -0.333 e. The summed E-state index contributed by atoms with van der Waals surface area (Å²) < 4.78 is 12.1. The lowest BCUT2D eigenvalue weighted by molar-refractivity contribution is -0.849. The van der Waals surface area contributed by atoms with Crippen LogP contribution in [0.5, 0.6) is 0 Å². The van der Waals surface area contributed by atoms with Crippen LogP contribution in [-0.4, -0.2) is 59.3 Å². The van der Waals surface area contributed by atoms with Gasteiger partial charge in [0.2, 0.25) is 7.14 Å². The molecule has 0 radical (unpaired) electrons. The van der Waals surface area contributed by atoms with Gasteiger partial charge in [0.15, 0.2) is 11.4 Å². The van der Waals surface area contributed by atoms with Gasteiger partial charge in [-0.2, -0.15) is 0 Å². The van der Waals surface area contributed by atoms with Crippen LogP contribution >= 0.6 is 7.26 Å². The molecule has 0 spiro atoms. The second kappa shape index (κ2) is 32.1. The Bertz CT molecular complexity index is 3290. The minimum absolute atomic E-state index is 0.151. The third kappa shape index (κ3) is 18.5. The van der Waals surface area contributed by atoms with E-state index in [-0.39, 0.29) is 34.4 Å². The van der Waals surface area contributed by atoms with E-state index in [1.807, 2.05) is 13.8 Å². The standard InChI is InChI=1S/C34H46.C22H30I.C11H18N.C10H15O.C4H12N.C4H12P/c1-16-19(4)25(10)31(26(11)20(16)5)34(32-27(12)21(6)17(2)22(7)28(32)13)33-29(14)23(8)18(3)24(9)30(33)15;1-11-13(3)17(7)21(18(8)14(11)4)23-22-19(9)15(5)12(2)16(6)20(22)10;1-7-8(2)10(4)12(6)11(5)9(7)3;1-6-7(2)9(4)11-10(5)8(6)3;2*1-5(2,3)4/h34H,1-15H3;1-10H3;1-6H3;1-5H3;2*1-4H3/q;5*+1. The topological polar surface area (TPSA) is 15.2 Å². The summed E-state index contributed by atoms with van der Waals surface area (Å²) in [6.45, 7) is 88.3. The van der Waals surface area contributed by atoms with Crippen LogP contribution in [0.25, 0.3) is 0 Å². The number of nitrogens with zero attached hydrogens (tertiary/aromatic N) is 2. The molecule has 2 heterocycles. The van der Waals surface area contributed by atoms with Crippen LogP contribution in [0.2, 0.25) is 0 Å². The number of hydrogen-bond acceptors (Lipinski definition) is 0. The number of aryl methyl sites for hydroxylation is 2. The van der Waals surface area contributed by atoms with E-state index in [4.69, 9.17) is 4.42 Å². The Morgan fingerprint density at radius 2 is 0.400 bits per heavy atom. The molecule has 0 aliphatic rings. The van der Waals surface area contributed by atoms with Crippen molar-refractivity contribution in [3.05, 3.63) is 219 Å². The van der Waals surface area contributed by atoms with Gasteiger partial charge in [-0.3, -0.25) is 0 Å². The maximum Gasteiger partial charge on any atom is 0.359 e. The Morgan fingerprint density at radius 3 is 0.589 bits per heavy atom. The van der Waals surface area contributed by atoms with Crippen LogP contribution in [0, 0.1) is 249 Å². The quantitative estimate of drug-likeness (QED) is 0.0419. The molecule has 7 aromatic rings. The van der Waals surface area contributed by atoms with Crippen molar-refractivity contribution < 1.29 is 34.7 Å². The number of aromatic nitrogens is 1. The first-order valence-corrected chi connectivity index (χ1v) is 38.9. The fraction of sp³-hybridized carbons (Fsp3) is 0.529. The molecule has 0 fully saturated rings. The molecule has 0 unspecified atom stereocenters. The van der Waals surface area contributed by atoms with Crippen molar-refractivity contribution in [3.8, 4) is 0 Å². The molecule has 0 N–H and O–H groups in total. The second-order valence-corrected chi connectivity index (χ2v) is 38.1. The Morgan fingerprint density at radius 1 is 0.256 bits per heavy atom. The van der Waals surface area contributed by atoms with Crippen molar-refractivity contribution in [2.24, 2.45) is 7.05 Å². The minimum atomic E-state index is -0.389. The molecule has 0 amide bonds. The maximum atomic E-state index is 5.52. The third-order valence-electron chi connectivity index (χ3n) is 21.8. The first kappa shape index (κ1) is 81.6. The molecule has 0 saturated heterocycles.